The van der Waals surface area contributed by atoms with Gasteiger partial charge in [-0.25, -0.2) is 4.39 Å². The Kier molecular flexibility index (Phi) is 5.62. The third kappa shape index (κ3) is 3.87. The molecule has 5 rings (SSSR count). The Labute approximate surface area is 188 Å². The number of amides is 2. The zero-order chi connectivity index (χ0) is 22.1. The Bertz CT molecular complexity index is 1010. The average molecular weight is 436 g/mol. The highest BCUT2D eigenvalue weighted by Crippen LogP contribution is 2.51. The molecule has 1 aliphatic carbocycles. The monoisotopic (exact) mass is 435 g/mol. The van der Waals surface area contributed by atoms with Crippen molar-refractivity contribution in [3.63, 3.8) is 0 Å². The minimum absolute atomic E-state index is 0.0764. The number of halogens is 1. The minimum atomic E-state index is -0.143. The lowest BCUT2D eigenvalue weighted by atomic mass is 9.80. The molecular weight excluding hydrogens is 405 g/mol. The van der Waals surface area contributed by atoms with Gasteiger partial charge in [-0.15, -0.1) is 0 Å². The molecule has 2 aliphatic heterocycles. The standard InChI is InChI=1S/C26H30FN3O2/c27-21-6-5-7-22-24(21)26(12-1-2-13-26)18-30(22)17-23(31)28-16-19-8-10-20(11-9-19)25(32)29-14-3-4-15-29/h5-11H,1-4,12-18H2,(H,28,31). The normalized spacial score (nSPS) is 18.9. The molecule has 6 heteroatoms. The van der Waals surface area contributed by atoms with Crippen LogP contribution in [0.15, 0.2) is 42.5 Å². The third-order valence-corrected chi connectivity index (χ3v) is 7.34. The van der Waals surface area contributed by atoms with E-state index < -0.39 is 0 Å². The second-order valence-corrected chi connectivity index (χ2v) is 9.45. The molecular formula is C26H30FN3O2. The van der Waals surface area contributed by atoms with Gasteiger partial charge in [-0.05, 0) is 55.5 Å². The number of nitrogens with one attached hydrogen (secondary N) is 1. The summed E-state index contributed by atoms with van der Waals surface area (Å²) >= 11 is 0. The van der Waals surface area contributed by atoms with E-state index >= 15 is 0 Å². The van der Waals surface area contributed by atoms with Gasteiger partial charge >= 0.3 is 0 Å². The summed E-state index contributed by atoms with van der Waals surface area (Å²) in [6.45, 7) is 3.02. The summed E-state index contributed by atoms with van der Waals surface area (Å²) in [5.41, 5.74) is 3.19. The fourth-order valence-electron chi connectivity index (χ4n) is 5.73. The van der Waals surface area contributed by atoms with Crippen molar-refractivity contribution in [3.05, 3.63) is 65.0 Å². The van der Waals surface area contributed by atoms with Crippen LogP contribution in [-0.4, -0.2) is 42.9 Å². The molecule has 0 unspecified atom stereocenters. The van der Waals surface area contributed by atoms with Gasteiger partial charge in [0.1, 0.15) is 5.82 Å². The number of carbonyl (C=O) groups excluding carboxylic acids is 2. The number of hydrogen-bond donors (Lipinski definition) is 1. The van der Waals surface area contributed by atoms with E-state index in [-0.39, 0.29) is 29.6 Å². The summed E-state index contributed by atoms with van der Waals surface area (Å²) < 4.78 is 14.7. The van der Waals surface area contributed by atoms with E-state index in [9.17, 15) is 14.0 Å². The molecule has 0 bridgehead atoms. The fourth-order valence-corrected chi connectivity index (χ4v) is 5.73. The molecule has 5 nitrogen and oxygen atoms in total. The van der Waals surface area contributed by atoms with Crippen LogP contribution < -0.4 is 10.2 Å². The second kappa shape index (κ2) is 8.57. The van der Waals surface area contributed by atoms with Gasteiger partial charge in [0, 0.05) is 48.4 Å². The zero-order valence-electron chi connectivity index (χ0n) is 18.4. The van der Waals surface area contributed by atoms with Crippen molar-refractivity contribution in [3.8, 4) is 0 Å². The minimum Gasteiger partial charge on any atom is -0.361 e. The van der Waals surface area contributed by atoms with Crippen LogP contribution in [0.4, 0.5) is 10.1 Å². The van der Waals surface area contributed by atoms with Gasteiger partial charge in [0.15, 0.2) is 0 Å². The van der Waals surface area contributed by atoms with E-state index in [4.69, 9.17) is 0 Å². The number of carbonyl (C=O) groups is 2. The van der Waals surface area contributed by atoms with Gasteiger partial charge in [0.2, 0.25) is 5.91 Å². The molecule has 2 heterocycles. The van der Waals surface area contributed by atoms with Crippen LogP contribution in [0.3, 0.4) is 0 Å². The molecule has 0 radical (unpaired) electrons. The Balaban J connectivity index is 1.20. The number of fused-ring (bicyclic) bond motifs is 2. The van der Waals surface area contributed by atoms with Gasteiger partial charge in [0.05, 0.1) is 6.54 Å². The maximum Gasteiger partial charge on any atom is 0.253 e. The molecule has 2 aromatic rings. The van der Waals surface area contributed by atoms with Gasteiger partial charge in [-0.1, -0.05) is 31.0 Å². The molecule has 1 spiro atoms. The van der Waals surface area contributed by atoms with Crippen molar-refractivity contribution in [2.24, 2.45) is 0 Å². The Hall–Kier alpha value is -2.89. The summed E-state index contributed by atoms with van der Waals surface area (Å²) in [6, 6.07) is 12.7. The molecule has 2 fully saturated rings. The summed E-state index contributed by atoms with van der Waals surface area (Å²) in [5, 5.41) is 2.98. The lowest BCUT2D eigenvalue weighted by molar-refractivity contribution is -0.119. The Morgan fingerprint density at radius 2 is 1.69 bits per heavy atom. The molecule has 0 atom stereocenters. The molecule has 2 aromatic carbocycles. The Morgan fingerprint density at radius 1 is 0.969 bits per heavy atom. The maximum absolute atomic E-state index is 14.7. The summed E-state index contributed by atoms with van der Waals surface area (Å²) in [6.07, 6.45) is 6.35. The highest BCUT2D eigenvalue weighted by atomic mass is 19.1. The van der Waals surface area contributed by atoms with Gasteiger partial charge < -0.3 is 15.1 Å². The largest absolute Gasteiger partial charge is 0.361 e. The predicted molar refractivity (Wildman–Crippen MR) is 122 cm³/mol. The lowest BCUT2D eigenvalue weighted by Gasteiger charge is -2.25. The zero-order valence-corrected chi connectivity index (χ0v) is 18.4. The number of benzene rings is 2. The second-order valence-electron chi connectivity index (χ2n) is 9.45. The van der Waals surface area contributed by atoms with E-state index in [1.54, 1.807) is 12.1 Å². The Morgan fingerprint density at radius 3 is 2.41 bits per heavy atom. The summed E-state index contributed by atoms with van der Waals surface area (Å²) in [5.74, 6) is -0.137. The molecule has 1 N–H and O–H groups in total. The van der Waals surface area contributed by atoms with Gasteiger partial charge in [-0.3, -0.25) is 9.59 Å². The molecule has 3 aliphatic rings. The first-order valence-corrected chi connectivity index (χ1v) is 11.7. The summed E-state index contributed by atoms with van der Waals surface area (Å²) in [4.78, 5) is 29.1. The van der Waals surface area contributed by atoms with Crippen LogP contribution in [0, 0.1) is 5.82 Å². The first kappa shape index (κ1) is 21.0. The molecule has 32 heavy (non-hydrogen) atoms. The number of anilines is 1. The van der Waals surface area contributed by atoms with Crippen molar-refractivity contribution in [2.45, 2.75) is 50.5 Å². The van der Waals surface area contributed by atoms with E-state index in [0.717, 1.165) is 68.4 Å². The fraction of sp³-hybridized carbons (Fsp3) is 0.462. The van der Waals surface area contributed by atoms with Crippen LogP contribution in [0.2, 0.25) is 0 Å². The summed E-state index contributed by atoms with van der Waals surface area (Å²) in [7, 11) is 0. The number of likely N-dealkylation sites (tertiary alicyclic amines) is 1. The highest BCUT2D eigenvalue weighted by Gasteiger charge is 2.46. The van der Waals surface area contributed by atoms with E-state index in [0.29, 0.717) is 18.7 Å². The van der Waals surface area contributed by atoms with Crippen molar-refractivity contribution < 1.29 is 14.0 Å². The molecule has 2 amide bonds. The van der Waals surface area contributed by atoms with Crippen LogP contribution in [0.1, 0.15) is 60.0 Å². The SMILES string of the molecule is O=C(CN1CC2(CCCC2)c2c(F)cccc21)NCc1ccc(C(=O)N2CCCC2)cc1. The van der Waals surface area contributed by atoms with E-state index in [2.05, 4.69) is 5.32 Å². The van der Waals surface area contributed by atoms with Gasteiger partial charge in [-0.2, -0.15) is 0 Å². The van der Waals surface area contributed by atoms with Crippen LogP contribution >= 0.6 is 0 Å². The van der Waals surface area contributed by atoms with E-state index in [1.165, 1.54) is 0 Å². The maximum atomic E-state index is 14.7. The quantitative estimate of drug-likeness (QED) is 0.772. The molecule has 168 valence electrons. The van der Waals surface area contributed by atoms with Crippen molar-refractivity contribution in [1.82, 2.24) is 10.2 Å². The first-order valence-electron chi connectivity index (χ1n) is 11.7. The molecule has 1 saturated heterocycles. The van der Waals surface area contributed by atoms with E-state index in [1.807, 2.05) is 40.1 Å². The highest BCUT2D eigenvalue weighted by molar-refractivity contribution is 5.94. The van der Waals surface area contributed by atoms with Crippen LogP contribution in [-0.2, 0) is 16.8 Å². The number of hydrogen-bond acceptors (Lipinski definition) is 3. The van der Waals surface area contributed by atoms with Crippen molar-refractivity contribution >= 4 is 17.5 Å². The number of rotatable bonds is 5. The van der Waals surface area contributed by atoms with Crippen LogP contribution in [0.5, 0.6) is 0 Å². The van der Waals surface area contributed by atoms with Crippen molar-refractivity contribution in [1.29, 1.82) is 0 Å². The molecule has 0 aromatic heterocycles. The third-order valence-electron chi connectivity index (χ3n) is 7.34. The topological polar surface area (TPSA) is 52.7 Å². The predicted octanol–water partition coefficient (Wildman–Crippen LogP) is 4.01. The first-order chi connectivity index (χ1) is 15.6. The van der Waals surface area contributed by atoms with Crippen LogP contribution in [0.25, 0.3) is 0 Å². The average Bonchev–Trinajstić information content (AvgIpc) is 3.55. The smallest absolute Gasteiger partial charge is 0.253 e. The molecule has 1 saturated carbocycles. The lowest BCUT2D eigenvalue weighted by Crippen LogP contribution is -2.39. The number of nitrogens with zero attached hydrogens (tertiary/aromatic N) is 2. The van der Waals surface area contributed by atoms with Crippen molar-refractivity contribution in [2.75, 3.05) is 31.1 Å². The van der Waals surface area contributed by atoms with Gasteiger partial charge in [0.25, 0.3) is 5.91 Å².